The number of nitrogens with zero attached hydrogens (tertiary/aromatic N) is 3. The third-order valence-corrected chi connectivity index (χ3v) is 6.31. The fourth-order valence-electron chi connectivity index (χ4n) is 4.08. The summed E-state index contributed by atoms with van der Waals surface area (Å²) in [6.07, 6.45) is 4.49. The van der Waals surface area contributed by atoms with Crippen LogP contribution >= 0.6 is 23.2 Å². The van der Waals surface area contributed by atoms with Crippen molar-refractivity contribution < 1.29 is 4.74 Å². The molecule has 2 aromatic carbocycles. The minimum Gasteiger partial charge on any atom is -0.497 e. The maximum Gasteiger partial charge on any atom is 0.118 e. The van der Waals surface area contributed by atoms with Crippen LogP contribution in [0.15, 0.2) is 48.5 Å². The molecule has 7 heteroatoms. The quantitative estimate of drug-likeness (QED) is 0.524. The molecule has 1 saturated heterocycles. The Labute approximate surface area is 193 Å². The number of halogens is 2. The number of aromatic nitrogens is 2. The highest BCUT2D eigenvalue weighted by Gasteiger charge is 2.20. The molecule has 0 amide bonds. The zero-order valence-electron chi connectivity index (χ0n) is 17.7. The Hall–Kier alpha value is -2.05. The number of likely N-dealkylation sites (tertiary alicyclic amines) is 1. The second-order valence-electron chi connectivity index (χ2n) is 8.06. The minimum atomic E-state index is -0.153. The maximum absolute atomic E-state index is 6.59. The van der Waals surface area contributed by atoms with Crippen LogP contribution in [0, 0.1) is 0 Å². The number of rotatable bonds is 7. The summed E-state index contributed by atoms with van der Waals surface area (Å²) in [4.78, 5) is 2.44. The lowest BCUT2D eigenvalue weighted by molar-refractivity contribution is 0.215. The van der Waals surface area contributed by atoms with Crippen molar-refractivity contribution in [2.24, 2.45) is 5.73 Å². The van der Waals surface area contributed by atoms with Crippen LogP contribution in [0.25, 0.3) is 5.69 Å². The van der Waals surface area contributed by atoms with Crippen molar-refractivity contribution in [1.82, 2.24) is 14.7 Å². The summed E-state index contributed by atoms with van der Waals surface area (Å²) in [7, 11) is 1.67. The van der Waals surface area contributed by atoms with E-state index >= 15 is 0 Å². The predicted molar refractivity (Wildman–Crippen MR) is 127 cm³/mol. The maximum atomic E-state index is 6.59. The van der Waals surface area contributed by atoms with Crippen LogP contribution < -0.4 is 10.5 Å². The number of methoxy groups -OCH3 is 1. The standard InChI is InChI=1S/C24H28Cl2N4O/c1-31-20-8-5-17(6-9-20)13-19-15-23(22(27)16-29-11-3-2-4-12-29)28-30(19)24-10-7-18(25)14-21(24)26/h5-10,14-15,22H,2-4,11-13,16,27H2,1H3. The summed E-state index contributed by atoms with van der Waals surface area (Å²) in [5.41, 5.74) is 10.4. The molecule has 5 nitrogen and oxygen atoms in total. The highest BCUT2D eigenvalue weighted by Crippen LogP contribution is 2.28. The van der Waals surface area contributed by atoms with Crippen molar-refractivity contribution in [1.29, 1.82) is 0 Å². The number of benzene rings is 2. The van der Waals surface area contributed by atoms with Crippen LogP contribution in [-0.2, 0) is 6.42 Å². The van der Waals surface area contributed by atoms with Gasteiger partial charge in [-0.25, -0.2) is 4.68 Å². The summed E-state index contributed by atoms with van der Waals surface area (Å²) in [5, 5.41) is 6.03. The van der Waals surface area contributed by atoms with Crippen LogP contribution in [0.1, 0.15) is 42.3 Å². The van der Waals surface area contributed by atoms with Crippen LogP contribution in [0.5, 0.6) is 5.75 Å². The predicted octanol–water partition coefficient (Wildman–Crippen LogP) is 5.26. The highest BCUT2D eigenvalue weighted by molar-refractivity contribution is 6.35. The van der Waals surface area contributed by atoms with Gasteiger partial charge in [0.1, 0.15) is 5.75 Å². The van der Waals surface area contributed by atoms with E-state index in [1.807, 2.05) is 28.9 Å². The van der Waals surface area contributed by atoms with Crippen molar-refractivity contribution in [2.45, 2.75) is 31.7 Å². The molecule has 3 aromatic rings. The monoisotopic (exact) mass is 458 g/mol. The molecule has 1 aliphatic rings. The van der Waals surface area contributed by atoms with E-state index in [9.17, 15) is 0 Å². The first-order valence-electron chi connectivity index (χ1n) is 10.7. The van der Waals surface area contributed by atoms with Crippen LogP contribution in [-0.4, -0.2) is 41.4 Å². The van der Waals surface area contributed by atoms with Gasteiger partial charge in [-0.2, -0.15) is 5.10 Å². The van der Waals surface area contributed by atoms with Crippen LogP contribution in [0.4, 0.5) is 0 Å². The molecule has 2 N–H and O–H groups in total. The van der Waals surface area contributed by atoms with E-state index in [1.54, 1.807) is 13.2 Å². The molecule has 31 heavy (non-hydrogen) atoms. The summed E-state index contributed by atoms with van der Waals surface area (Å²) in [6, 6.07) is 15.5. The van der Waals surface area contributed by atoms with Gasteiger partial charge in [0.05, 0.1) is 29.6 Å². The Kier molecular flexibility index (Phi) is 7.18. The lowest BCUT2D eigenvalue weighted by Crippen LogP contribution is -2.36. The summed E-state index contributed by atoms with van der Waals surface area (Å²) >= 11 is 12.6. The van der Waals surface area contributed by atoms with Crippen molar-refractivity contribution in [3.8, 4) is 11.4 Å². The molecule has 0 aliphatic carbocycles. The molecule has 1 aromatic heterocycles. The Morgan fingerprint density at radius 3 is 2.45 bits per heavy atom. The molecule has 0 radical (unpaired) electrons. The van der Waals surface area contributed by atoms with Crippen molar-refractivity contribution in [2.75, 3.05) is 26.7 Å². The van der Waals surface area contributed by atoms with Gasteiger partial charge in [-0.15, -0.1) is 0 Å². The first kappa shape index (κ1) is 22.2. The van der Waals surface area contributed by atoms with E-state index in [-0.39, 0.29) is 6.04 Å². The average Bonchev–Trinajstić information content (AvgIpc) is 3.18. The lowest BCUT2D eigenvalue weighted by atomic mass is 10.1. The number of hydrogen-bond acceptors (Lipinski definition) is 4. The third-order valence-electron chi connectivity index (χ3n) is 5.77. The van der Waals surface area contributed by atoms with Gasteiger partial charge in [0.25, 0.3) is 0 Å². The molecule has 1 aliphatic heterocycles. The van der Waals surface area contributed by atoms with E-state index < -0.39 is 0 Å². The molecular weight excluding hydrogens is 431 g/mol. The molecule has 1 unspecified atom stereocenters. The zero-order chi connectivity index (χ0) is 21.8. The van der Waals surface area contributed by atoms with E-state index in [2.05, 4.69) is 23.1 Å². The molecule has 164 valence electrons. The number of ether oxygens (including phenoxy) is 1. The molecule has 1 fully saturated rings. The van der Waals surface area contributed by atoms with E-state index in [0.29, 0.717) is 16.5 Å². The van der Waals surface area contributed by atoms with E-state index in [0.717, 1.165) is 48.0 Å². The molecular formula is C24H28Cl2N4O. The summed E-state index contributed by atoms with van der Waals surface area (Å²) in [5.74, 6) is 0.835. The van der Waals surface area contributed by atoms with Crippen LogP contribution in [0.3, 0.4) is 0 Å². The second-order valence-corrected chi connectivity index (χ2v) is 8.90. The summed E-state index contributed by atoms with van der Waals surface area (Å²) < 4.78 is 7.18. The Balaban J connectivity index is 1.65. The molecule has 2 heterocycles. The molecule has 0 saturated carbocycles. The zero-order valence-corrected chi connectivity index (χ0v) is 19.2. The molecule has 1 atom stereocenters. The largest absolute Gasteiger partial charge is 0.497 e. The lowest BCUT2D eigenvalue weighted by Gasteiger charge is -2.28. The van der Waals surface area contributed by atoms with E-state index in [4.69, 9.17) is 38.8 Å². The normalized spacial score (nSPS) is 15.7. The second kappa shape index (κ2) is 10.0. The summed E-state index contributed by atoms with van der Waals surface area (Å²) in [6.45, 7) is 3.03. The van der Waals surface area contributed by atoms with Crippen molar-refractivity contribution in [3.63, 3.8) is 0 Å². The van der Waals surface area contributed by atoms with Gasteiger partial charge in [0, 0.05) is 23.7 Å². The SMILES string of the molecule is COc1ccc(Cc2cc(C(N)CN3CCCCC3)nn2-c2ccc(Cl)cc2Cl)cc1. The Bertz CT molecular complexity index is 1010. The first-order chi connectivity index (χ1) is 15.0. The topological polar surface area (TPSA) is 56.3 Å². The van der Waals surface area contributed by atoms with Gasteiger partial charge >= 0.3 is 0 Å². The van der Waals surface area contributed by atoms with E-state index in [1.165, 1.54) is 19.3 Å². The van der Waals surface area contributed by atoms with Gasteiger partial charge in [-0.1, -0.05) is 41.8 Å². The fourth-order valence-corrected chi connectivity index (χ4v) is 4.56. The van der Waals surface area contributed by atoms with Gasteiger partial charge in [0.2, 0.25) is 0 Å². The minimum absolute atomic E-state index is 0.153. The van der Waals surface area contributed by atoms with Gasteiger partial charge < -0.3 is 15.4 Å². The molecule has 0 bridgehead atoms. The van der Waals surface area contributed by atoms with Gasteiger partial charge in [-0.05, 0) is 67.9 Å². The van der Waals surface area contributed by atoms with Crippen LogP contribution in [0.2, 0.25) is 10.0 Å². The van der Waals surface area contributed by atoms with Crippen molar-refractivity contribution >= 4 is 23.2 Å². The Morgan fingerprint density at radius 1 is 1.03 bits per heavy atom. The highest BCUT2D eigenvalue weighted by atomic mass is 35.5. The average molecular weight is 459 g/mol. The number of nitrogens with two attached hydrogens (primary N) is 1. The van der Waals surface area contributed by atoms with Crippen molar-refractivity contribution in [3.05, 3.63) is 75.5 Å². The third kappa shape index (κ3) is 5.42. The number of hydrogen-bond donors (Lipinski definition) is 1. The van der Waals surface area contributed by atoms with Gasteiger partial charge in [-0.3, -0.25) is 0 Å². The first-order valence-corrected chi connectivity index (χ1v) is 11.4. The molecule has 4 rings (SSSR count). The molecule has 0 spiro atoms. The fraction of sp³-hybridized carbons (Fsp3) is 0.375. The smallest absolute Gasteiger partial charge is 0.118 e. The number of piperidine rings is 1. The van der Waals surface area contributed by atoms with Gasteiger partial charge in [0.15, 0.2) is 0 Å². The Morgan fingerprint density at radius 2 is 1.77 bits per heavy atom.